The highest BCUT2D eigenvalue weighted by molar-refractivity contribution is 9.10. The predicted octanol–water partition coefficient (Wildman–Crippen LogP) is 5.04. The van der Waals surface area contributed by atoms with Gasteiger partial charge in [0.25, 0.3) is 0 Å². The third-order valence-corrected chi connectivity index (χ3v) is 2.24. The van der Waals surface area contributed by atoms with Crippen LogP contribution in [0.2, 0.25) is 0 Å². The van der Waals surface area contributed by atoms with Gasteiger partial charge in [0.15, 0.2) is 0 Å². The zero-order valence-corrected chi connectivity index (χ0v) is 10.5. The van der Waals surface area contributed by atoms with Gasteiger partial charge in [-0.05, 0) is 34.0 Å². The van der Waals surface area contributed by atoms with Crippen molar-refractivity contribution in [3.63, 3.8) is 0 Å². The topological polar surface area (TPSA) is 0 Å². The molecular weight excluding hydrogens is 248 g/mol. The van der Waals surface area contributed by atoms with Crippen LogP contribution in [0.25, 0.3) is 0 Å². The molecule has 0 saturated carbocycles. The quantitative estimate of drug-likeness (QED) is 0.624. The van der Waals surface area contributed by atoms with Crippen molar-refractivity contribution in [3.8, 4) is 0 Å². The first kappa shape index (κ1) is 3.87. The van der Waals surface area contributed by atoms with Gasteiger partial charge in [-0.1, -0.05) is 63.3 Å². The molecule has 0 aliphatic carbocycles. The molecule has 0 aromatic heterocycles. The van der Waals surface area contributed by atoms with Crippen LogP contribution in [-0.4, -0.2) is 0 Å². The van der Waals surface area contributed by atoms with E-state index in [0.29, 0.717) is 0 Å². The molecule has 1 rings (SSSR count). The minimum Gasteiger partial charge on any atom is -0.0561 e. The third-order valence-electron chi connectivity index (χ3n) is 1.84. The lowest BCUT2D eigenvalue weighted by Gasteiger charge is -2.25. The van der Waals surface area contributed by atoms with Crippen molar-refractivity contribution in [2.24, 2.45) is 0 Å². The molecule has 0 amide bonds. The second-order valence-electron chi connectivity index (χ2n) is 4.44. The average molecular weight is 281 g/mol. The summed E-state index contributed by atoms with van der Waals surface area (Å²) in [5.41, 5.74) is -5.32. The van der Waals surface area contributed by atoms with Gasteiger partial charge in [-0.25, -0.2) is 0 Å². The fourth-order valence-electron chi connectivity index (χ4n) is 1.00. The molecule has 0 N–H and O–H groups in total. The standard InChI is InChI=1S/C14H21Br/c1-13(2,3)10-7-11(14(4,5)6)9-12(15)8-10/h7-9H,1-6H3/i1D3,2D3,3D3,7D,8D,9D. The molecule has 0 aliphatic heterocycles. The van der Waals surface area contributed by atoms with E-state index in [1.54, 1.807) is 20.8 Å². The summed E-state index contributed by atoms with van der Waals surface area (Å²) in [5, 5.41) is 0. The number of hydrogen-bond donors (Lipinski definition) is 0. The summed E-state index contributed by atoms with van der Waals surface area (Å²) in [6.07, 6.45) is 0. The second-order valence-corrected chi connectivity index (χ2v) is 5.23. The average Bonchev–Trinajstić information content (AvgIpc) is 2.34. The first-order valence-electron chi connectivity index (χ1n) is 10.4. The minimum atomic E-state index is -3.58. The molecule has 0 bridgehead atoms. The Bertz CT molecular complexity index is 697. The summed E-state index contributed by atoms with van der Waals surface area (Å²) in [7, 11) is 0. The van der Waals surface area contributed by atoms with E-state index in [-0.39, 0.29) is 16.1 Å². The van der Waals surface area contributed by atoms with E-state index in [9.17, 15) is 0 Å². The van der Waals surface area contributed by atoms with E-state index in [0.717, 1.165) is 0 Å². The first-order valence-corrected chi connectivity index (χ1v) is 5.23. The van der Waals surface area contributed by atoms with E-state index < -0.39 is 49.0 Å². The monoisotopic (exact) mass is 280 g/mol. The van der Waals surface area contributed by atoms with Gasteiger partial charge in [-0.15, -0.1) is 0 Å². The van der Waals surface area contributed by atoms with Crippen molar-refractivity contribution in [3.05, 3.63) is 33.7 Å². The Balaban J connectivity index is 4.42. The number of rotatable bonds is 0. The zero-order valence-electron chi connectivity index (χ0n) is 20.9. The van der Waals surface area contributed by atoms with E-state index in [1.165, 1.54) is 0 Å². The lowest BCUT2D eigenvalue weighted by molar-refractivity contribution is 0.568. The maximum absolute atomic E-state index is 8.47. The molecule has 15 heavy (non-hydrogen) atoms. The fraction of sp³-hybridized carbons (Fsp3) is 0.571. The Morgan fingerprint density at radius 1 is 1.00 bits per heavy atom. The molecule has 84 valence electrons. The van der Waals surface area contributed by atoms with Gasteiger partial charge in [0, 0.05) is 16.8 Å². The third kappa shape index (κ3) is 3.34. The second kappa shape index (κ2) is 3.93. The molecule has 0 aliphatic rings. The normalized spacial score (nSPS) is 27.2. The van der Waals surface area contributed by atoms with Crippen molar-refractivity contribution in [2.75, 3.05) is 0 Å². The summed E-state index contributed by atoms with van der Waals surface area (Å²) in [6, 6.07) is -1.79. The minimum absolute atomic E-state index is 0.0394. The van der Waals surface area contributed by atoms with Crippen LogP contribution in [0.4, 0.5) is 0 Å². The smallest absolute Gasteiger partial charge is 0.0561 e. The molecule has 0 saturated heterocycles. The molecule has 0 fully saturated rings. The van der Waals surface area contributed by atoms with Crippen LogP contribution in [0.3, 0.4) is 0 Å². The van der Waals surface area contributed by atoms with Crippen molar-refractivity contribution >= 4 is 15.9 Å². The van der Waals surface area contributed by atoms with Gasteiger partial charge in [0.2, 0.25) is 0 Å². The van der Waals surface area contributed by atoms with Crippen LogP contribution in [0.15, 0.2) is 22.6 Å². The first-order chi connectivity index (χ1) is 11.6. The highest BCUT2D eigenvalue weighted by Gasteiger charge is 2.19. The molecular formula is C14H21Br. The van der Waals surface area contributed by atoms with Gasteiger partial charge in [0.05, 0.1) is 4.11 Å². The van der Waals surface area contributed by atoms with Crippen LogP contribution in [0.1, 0.15) is 68.9 Å². The SMILES string of the molecule is [2H]c1c(Br)c([2H])c(C(C([2H])([2H])[2H])(C([2H])([2H])[2H])C([2H])([2H])[2H])c([2H])c1C(C)(C)C. The molecule has 0 atom stereocenters. The number of halogens is 1. The van der Waals surface area contributed by atoms with E-state index in [4.69, 9.17) is 16.4 Å². The summed E-state index contributed by atoms with van der Waals surface area (Å²) in [6.45, 7) is -5.85. The zero-order chi connectivity index (χ0) is 22.0. The van der Waals surface area contributed by atoms with E-state index in [2.05, 4.69) is 15.9 Å². The summed E-state index contributed by atoms with van der Waals surface area (Å²) in [4.78, 5) is 0. The van der Waals surface area contributed by atoms with E-state index >= 15 is 0 Å². The molecule has 0 unspecified atom stereocenters. The Hall–Kier alpha value is -0.300. The van der Waals surface area contributed by atoms with Crippen molar-refractivity contribution < 1.29 is 16.4 Å². The summed E-state index contributed by atoms with van der Waals surface area (Å²) < 4.78 is 95.0. The molecule has 0 spiro atoms. The lowest BCUT2D eigenvalue weighted by atomic mass is 9.81. The number of hydrogen-bond acceptors (Lipinski definition) is 0. The van der Waals surface area contributed by atoms with Crippen LogP contribution >= 0.6 is 15.9 Å². The van der Waals surface area contributed by atoms with Crippen molar-refractivity contribution in [1.82, 2.24) is 0 Å². The Labute approximate surface area is 119 Å². The maximum Gasteiger partial charge on any atom is 0.0638 e. The molecule has 0 heterocycles. The Kier molecular flexibility index (Phi) is 1.02. The highest BCUT2D eigenvalue weighted by Crippen LogP contribution is 2.31. The van der Waals surface area contributed by atoms with Gasteiger partial charge in [0.1, 0.15) is 0 Å². The van der Waals surface area contributed by atoms with Gasteiger partial charge in [-0.3, -0.25) is 0 Å². The molecule has 0 radical (unpaired) electrons. The van der Waals surface area contributed by atoms with E-state index in [1.807, 2.05) is 0 Å². The van der Waals surface area contributed by atoms with Crippen LogP contribution in [0.5, 0.6) is 0 Å². The molecule has 1 heteroatoms. The van der Waals surface area contributed by atoms with Gasteiger partial charge >= 0.3 is 0 Å². The Morgan fingerprint density at radius 3 is 1.87 bits per heavy atom. The van der Waals surface area contributed by atoms with Crippen molar-refractivity contribution in [1.29, 1.82) is 0 Å². The lowest BCUT2D eigenvalue weighted by Crippen LogP contribution is -2.16. The largest absolute Gasteiger partial charge is 0.0638 e. The molecule has 1 aromatic carbocycles. The van der Waals surface area contributed by atoms with Crippen LogP contribution in [-0.2, 0) is 10.8 Å². The Morgan fingerprint density at radius 2 is 1.47 bits per heavy atom. The summed E-state index contributed by atoms with van der Waals surface area (Å²) >= 11 is 2.99. The van der Waals surface area contributed by atoms with Crippen LogP contribution in [0, 0.1) is 0 Å². The van der Waals surface area contributed by atoms with Gasteiger partial charge in [-0.2, -0.15) is 0 Å². The highest BCUT2D eigenvalue weighted by atomic mass is 79.9. The summed E-state index contributed by atoms with van der Waals surface area (Å²) in [5.74, 6) is 0. The van der Waals surface area contributed by atoms with Crippen molar-refractivity contribution in [2.45, 2.75) is 52.2 Å². The number of benzene rings is 1. The molecule has 1 aromatic rings. The predicted molar refractivity (Wildman–Crippen MR) is 71.5 cm³/mol. The molecule has 0 nitrogen and oxygen atoms in total. The fourth-order valence-corrected chi connectivity index (χ4v) is 1.40. The van der Waals surface area contributed by atoms with Crippen LogP contribution < -0.4 is 0 Å². The maximum atomic E-state index is 8.47. The van der Waals surface area contributed by atoms with Gasteiger partial charge < -0.3 is 0 Å².